The molecule has 0 saturated heterocycles. The van der Waals surface area contributed by atoms with Gasteiger partial charge in [-0.1, -0.05) is 26.0 Å². The number of hydrogen-bond donors (Lipinski definition) is 1. The molecule has 0 unspecified atom stereocenters. The second-order valence-electron chi connectivity index (χ2n) is 4.67. The quantitative estimate of drug-likeness (QED) is 0.685. The SMILES string of the molecule is COCCCNCCOc1cccc(C(C)C)c1. The summed E-state index contributed by atoms with van der Waals surface area (Å²) in [6, 6.07) is 8.32. The molecule has 0 amide bonds. The van der Waals surface area contributed by atoms with E-state index in [1.165, 1.54) is 5.56 Å². The van der Waals surface area contributed by atoms with Crippen molar-refractivity contribution in [3.8, 4) is 5.75 Å². The van der Waals surface area contributed by atoms with Crippen LogP contribution < -0.4 is 10.1 Å². The largest absolute Gasteiger partial charge is 0.492 e. The van der Waals surface area contributed by atoms with E-state index in [0.29, 0.717) is 12.5 Å². The summed E-state index contributed by atoms with van der Waals surface area (Å²) >= 11 is 0. The molecule has 0 aliphatic carbocycles. The highest BCUT2D eigenvalue weighted by Crippen LogP contribution is 2.19. The first kappa shape index (κ1) is 15.0. The van der Waals surface area contributed by atoms with E-state index >= 15 is 0 Å². The summed E-state index contributed by atoms with van der Waals surface area (Å²) in [7, 11) is 1.73. The van der Waals surface area contributed by atoms with Crippen LogP contribution in [0, 0.1) is 0 Å². The molecule has 18 heavy (non-hydrogen) atoms. The maximum Gasteiger partial charge on any atom is 0.119 e. The van der Waals surface area contributed by atoms with E-state index in [9.17, 15) is 0 Å². The van der Waals surface area contributed by atoms with Crippen LogP contribution in [0.25, 0.3) is 0 Å². The molecule has 1 N–H and O–H groups in total. The fraction of sp³-hybridized carbons (Fsp3) is 0.600. The Bertz CT molecular complexity index is 326. The molecular weight excluding hydrogens is 226 g/mol. The molecule has 0 aliphatic rings. The van der Waals surface area contributed by atoms with Crippen molar-refractivity contribution in [1.82, 2.24) is 5.32 Å². The molecule has 0 heterocycles. The van der Waals surface area contributed by atoms with Crippen LogP contribution in [0.4, 0.5) is 0 Å². The summed E-state index contributed by atoms with van der Waals surface area (Å²) < 4.78 is 10.7. The molecule has 1 aromatic rings. The molecule has 1 aromatic carbocycles. The lowest BCUT2D eigenvalue weighted by molar-refractivity contribution is 0.193. The summed E-state index contributed by atoms with van der Waals surface area (Å²) in [4.78, 5) is 0. The Kier molecular flexibility index (Phi) is 7.46. The third kappa shape index (κ3) is 6.03. The Morgan fingerprint density at radius 2 is 2.00 bits per heavy atom. The van der Waals surface area contributed by atoms with Crippen LogP contribution in [-0.4, -0.2) is 33.4 Å². The van der Waals surface area contributed by atoms with Crippen LogP contribution in [0.3, 0.4) is 0 Å². The highest BCUT2D eigenvalue weighted by Gasteiger charge is 2.00. The van der Waals surface area contributed by atoms with E-state index in [0.717, 1.165) is 31.9 Å². The third-order valence-electron chi connectivity index (χ3n) is 2.77. The van der Waals surface area contributed by atoms with Gasteiger partial charge in [-0.05, 0) is 36.6 Å². The summed E-state index contributed by atoms with van der Waals surface area (Å²) in [5, 5.41) is 3.32. The fourth-order valence-electron chi connectivity index (χ4n) is 1.67. The second-order valence-corrected chi connectivity index (χ2v) is 4.67. The van der Waals surface area contributed by atoms with E-state index in [2.05, 4.69) is 37.4 Å². The first-order valence-corrected chi connectivity index (χ1v) is 6.66. The molecule has 0 fully saturated rings. The number of ether oxygens (including phenoxy) is 2. The van der Waals surface area contributed by atoms with Gasteiger partial charge in [-0.15, -0.1) is 0 Å². The van der Waals surface area contributed by atoms with Gasteiger partial charge in [-0.2, -0.15) is 0 Å². The van der Waals surface area contributed by atoms with Gasteiger partial charge >= 0.3 is 0 Å². The molecule has 1 rings (SSSR count). The second kappa shape index (κ2) is 8.95. The number of benzene rings is 1. The van der Waals surface area contributed by atoms with Crippen molar-refractivity contribution < 1.29 is 9.47 Å². The first-order valence-electron chi connectivity index (χ1n) is 6.66. The van der Waals surface area contributed by atoms with Crippen LogP contribution >= 0.6 is 0 Å². The zero-order valence-corrected chi connectivity index (χ0v) is 11.7. The fourth-order valence-corrected chi connectivity index (χ4v) is 1.67. The highest BCUT2D eigenvalue weighted by molar-refractivity contribution is 5.30. The van der Waals surface area contributed by atoms with Crippen molar-refractivity contribution in [1.29, 1.82) is 0 Å². The Morgan fingerprint density at radius 1 is 1.17 bits per heavy atom. The highest BCUT2D eigenvalue weighted by atomic mass is 16.5. The predicted octanol–water partition coefficient (Wildman–Crippen LogP) is 2.81. The van der Waals surface area contributed by atoms with Crippen LogP contribution in [0.15, 0.2) is 24.3 Å². The minimum atomic E-state index is 0.542. The van der Waals surface area contributed by atoms with Crippen molar-refractivity contribution in [3.63, 3.8) is 0 Å². The van der Waals surface area contributed by atoms with Crippen molar-refractivity contribution in [2.75, 3.05) is 33.4 Å². The topological polar surface area (TPSA) is 30.5 Å². The lowest BCUT2D eigenvalue weighted by atomic mass is 10.0. The molecule has 0 radical (unpaired) electrons. The minimum absolute atomic E-state index is 0.542. The maximum atomic E-state index is 5.71. The van der Waals surface area contributed by atoms with Crippen LogP contribution in [0.2, 0.25) is 0 Å². The summed E-state index contributed by atoms with van der Waals surface area (Å²) in [5.74, 6) is 1.50. The Hall–Kier alpha value is -1.06. The van der Waals surface area contributed by atoms with Gasteiger partial charge in [0.2, 0.25) is 0 Å². The predicted molar refractivity (Wildman–Crippen MR) is 75.4 cm³/mol. The normalized spacial score (nSPS) is 10.9. The molecule has 3 nitrogen and oxygen atoms in total. The van der Waals surface area contributed by atoms with Crippen molar-refractivity contribution in [3.05, 3.63) is 29.8 Å². The molecular formula is C15H25NO2. The number of hydrogen-bond acceptors (Lipinski definition) is 3. The standard InChI is InChI=1S/C15H25NO2/c1-13(2)14-6-4-7-15(12-14)18-11-9-16-8-5-10-17-3/h4,6-7,12-13,16H,5,8-11H2,1-3H3. The van der Waals surface area contributed by atoms with Gasteiger partial charge in [-0.25, -0.2) is 0 Å². The van der Waals surface area contributed by atoms with E-state index in [1.807, 2.05) is 6.07 Å². The average Bonchev–Trinajstić information content (AvgIpc) is 2.38. The lowest BCUT2D eigenvalue weighted by Crippen LogP contribution is -2.22. The molecule has 0 aromatic heterocycles. The van der Waals surface area contributed by atoms with Crippen LogP contribution in [-0.2, 0) is 4.74 Å². The van der Waals surface area contributed by atoms with E-state index < -0.39 is 0 Å². The third-order valence-corrected chi connectivity index (χ3v) is 2.77. The van der Waals surface area contributed by atoms with E-state index in [-0.39, 0.29) is 0 Å². The summed E-state index contributed by atoms with van der Waals surface area (Å²) in [6.07, 6.45) is 1.04. The smallest absolute Gasteiger partial charge is 0.119 e. The number of rotatable bonds is 9. The minimum Gasteiger partial charge on any atom is -0.492 e. The van der Waals surface area contributed by atoms with Crippen molar-refractivity contribution in [2.24, 2.45) is 0 Å². The average molecular weight is 251 g/mol. The van der Waals surface area contributed by atoms with E-state index in [1.54, 1.807) is 7.11 Å². The molecule has 102 valence electrons. The van der Waals surface area contributed by atoms with E-state index in [4.69, 9.17) is 9.47 Å². The van der Waals surface area contributed by atoms with Crippen LogP contribution in [0.5, 0.6) is 5.75 Å². The summed E-state index contributed by atoms with van der Waals surface area (Å²) in [6.45, 7) is 7.74. The van der Waals surface area contributed by atoms with Gasteiger partial charge in [0.05, 0.1) is 0 Å². The molecule has 0 bridgehead atoms. The monoisotopic (exact) mass is 251 g/mol. The lowest BCUT2D eigenvalue weighted by Gasteiger charge is -2.10. The Balaban J connectivity index is 2.17. The van der Waals surface area contributed by atoms with Gasteiger partial charge in [0.1, 0.15) is 12.4 Å². The molecule has 0 aliphatic heterocycles. The van der Waals surface area contributed by atoms with Crippen molar-refractivity contribution >= 4 is 0 Å². The van der Waals surface area contributed by atoms with Crippen molar-refractivity contribution in [2.45, 2.75) is 26.2 Å². The molecule has 0 saturated carbocycles. The Morgan fingerprint density at radius 3 is 2.72 bits per heavy atom. The van der Waals surface area contributed by atoms with Gasteiger partial charge in [-0.3, -0.25) is 0 Å². The van der Waals surface area contributed by atoms with Gasteiger partial charge in [0.15, 0.2) is 0 Å². The zero-order chi connectivity index (χ0) is 13.2. The number of methoxy groups -OCH3 is 1. The first-order chi connectivity index (χ1) is 8.74. The number of nitrogens with one attached hydrogen (secondary N) is 1. The van der Waals surface area contributed by atoms with Crippen LogP contribution in [0.1, 0.15) is 31.7 Å². The molecule has 0 atom stereocenters. The van der Waals surface area contributed by atoms with Gasteiger partial charge in [0, 0.05) is 20.3 Å². The summed E-state index contributed by atoms with van der Waals surface area (Å²) in [5.41, 5.74) is 1.32. The molecule has 3 heteroatoms. The molecule has 0 spiro atoms. The zero-order valence-electron chi connectivity index (χ0n) is 11.7. The van der Waals surface area contributed by atoms with Gasteiger partial charge in [0.25, 0.3) is 0 Å². The maximum absolute atomic E-state index is 5.71. The van der Waals surface area contributed by atoms with Gasteiger partial charge < -0.3 is 14.8 Å². The Labute approximate surface area is 110 Å².